The highest BCUT2D eigenvalue weighted by Crippen LogP contribution is 2.41. The number of nitrogens with one attached hydrogen (secondary N) is 1. The standard InChI is InChI=1S/C22H24N6O8S2/c1-22(2,20(34)35)36-26-12(11-8-38-21(23)24-11)15(29)25-13-17(31)28-14(19(32)33)10(7-37-18(13)28)6-9-4-5-27(3)16(9)30/h6,8,13,18H,4-5,7H2,1-3H3,(H2,23,24)(H,25,29)(H,32,33)(H,34,35)/b9-6+,26-12-/t13-,18-/m1/s1. The van der Waals surface area contributed by atoms with Crippen molar-refractivity contribution in [2.24, 2.45) is 5.16 Å². The molecule has 1 aromatic heterocycles. The van der Waals surface area contributed by atoms with Crippen LogP contribution >= 0.6 is 23.1 Å². The van der Waals surface area contributed by atoms with Gasteiger partial charge in [0.1, 0.15) is 22.8 Å². The van der Waals surface area contributed by atoms with Crippen LogP contribution in [0.3, 0.4) is 0 Å². The number of nitrogen functional groups attached to an aromatic ring is 1. The number of fused-ring (bicyclic) bond motifs is 1. The molecule has 3 amide bonds. The molecule has 0 radical (unpaired) electrons. The van der Waals surface area contributed by atoms with Crippen molar-refractivity contribution >= 4 is 63.6 Å². The fourth-order valence-corrected chi connectivity index (χ4v) is 5.70. The van der Waals surface area contributed by atoms with Gasteiger partial charge in [0.25, 0.3) is 11.8 Å². The number of thioether (sulfide) groups is 1. The number of nitrogens with zero attached hydrogens (tertiary/aromatic N) is 4. The minimum Gasteiger partial charge on any atom is -0.478 e. The molecule has 2 saturated heterocycles. The third kappa shape index (κ3) is 4.96. The number of carbonyl (C=O) groups excluding carboxylic acids is 3. The van der Waals surface area contributed by atoms with Crippen LogP contribution in [0, 0.1) is 0 Å². The highest BCUT2D eigenvalue weighted by molar-refractivity contribution is 8.00. The van der Waals surface area contributed by atoms with Crippen molar-refractivity contribution in [3.63, 3.8) is 0 Å². The number of oxime groups is 1. The number of hydrogen-bond acceptors (Lipinski definition) is 11. The summed E-state index contributed by atoms with van der Waals surface area (Å²) < 4.78 is 0. The van der Waals surface area contributed by atoms with Crippen LogP contribution in [0.1, 0.15) is 26.0 Å². The van der Waals surface area contributed by atoms with Crippen molar-refractivity contribution < 1.29 is 39.0 Å². The number of carboxylic acid groups (broad SMARTS) is 2. The van der Waals surface area contributed by atoms with Crippen LogP contribution in [-0.2, 0) is 28.8 Å². The number of likely N-dealkylation sites (N-methyl/N-ethyl adjacent to an activating group) is 1. The zero-order valence-electron chi connectivity index (χ0n) is 20.5. The SMILES string of the molecule is CN1CC/C(=C\C2=C(C(=O)O)N3C(=O)[C@@H](NC(=O)/C(=N\OC(C)(C)C(=O)O)c4csc(N)n4)[C@H]3SC2)C1=O. The molecule has 3 aliphatic heterocycles. The zero-order valence-corrected chi connectivity index (χ0v) is 22.1. The highest BCUT2D eigenvalue weighted by atomic mass is 32.2. The lowest BCUT2D eigenvalue weighted by molar-refractivity contribution is -0.161. The van der Waals surface area contributed by atoms with Gasteiger partial charge in [0.2, 0.25) is 11.5 Å². The van der Waals surface area contributed by atoms with Gasteiger partial charge in [-0.1, -0.05) is 5.16 Å². The molecule has 2 fully saturated rings. The van der Waals surface area contributed by atoms with Gasteiger partial charge in [-0.3, -0.25) is 19.3 Å². The first kappa shape index (κ1) is 27.1. The number of aliphatic carboxylic acids is 2. The molecule has 16 heteroatoms. The van der Waals surface area contributed by atoms with E-state index in [1.165, 1.54) is 42.0 Å². The summed E-state index contributed by atoms with van der Waals surface area (Å²) in [7, 11) is 1.65. The lowest BCUT2D eigenvalue weighted by Gasteiger charge is -2.49. The van der Waals surface area contributed by atoms with E-state index in [0.717, 1.165) is 16.2 Å². The summed E-state index contributed by atoms with van der Waals surface area (Å²) in [5, 5.41) is 26.2. The lowest BCUT2D eigenvalue weighted by atomic mass is 10.0. The van der Waals surface area contributed by atoms with Gasteiger partial charge in [-0.2, -0.15) is 0 Å². The maximum atomic E-state index is 13.1. The second-order valence-corrected chi connectivity index (χ2v) is 11.1. The number of anilines is 1. The molecule has 202 valence electrons. The van der Waals surface area contributed by atoms with Crippen molar-refractivity contribution in [2.45, 2.75) is 37.3 Å². The number of β-lactam (4-membered cyclic amide) rings is 1. The number of aromatic nitrogens is 1. The van der Waals surface area contributed by atoms with Gasteiger partial charge in [-0.05, 0) is 31.9 Å². The summed E-state index contributed by atoms with van der Waals surface area (Å²) >= 11 is 2.25. The predicted octanol–water partition coefficient (Wildman–Crippen LogP) is -0.164. The zero-order chi connectivity index (χ0) is 27.9. The Morgan fingerprint density at radius 1 is 1.32 bits per heavy atom. The summed E-state index contributed by atoms with van der Waals surface area (Å²) in [6, 6.07) is -1.09. The molecule has 0 spiro atoms. The van der Waals surface area contributed by atoms with Gasteiger partial charge in [-0.25, -0.2) is 14.6 Å². The molecule has 0 bridgehead atoms. The van der Waals surface area contributed by atoms with Crippen molar-refractivity contribution in [1.29, 1.82) is 0 Å². The second kappa shape index (κ2) is 10.1. The van der Waals surface area contributed by atoms with Gasteiger partial charge in [0.15, 0.2) is 10.8 Å². The number of nitrogens with two attached hydrogens (primary N) is 1. The largest absolute Gasteiger partial charge is 0.478 e. The van der Waals surface area contributed by atoms with Gasteiger partial charge in [-0.15, -0.1) is 23.1 Å². The lowest BCUT2D eigenvalue weighted by Crippen LogP contribution is -2.71. The third-order valence-corrected chi connectivity index (χ3v) is 8.01. The molecular formula is C22H24N6O8S2. The van der Waals surface area contributed by atoms with E-state index < -0.39 is 46.5 Å². The fraction of sp³-hybridized carbons (Fsp3) is 0.409. The number of allylic oxidation sites excluding steroid dienone is 1. The van der Waals surface area contributed by atoms with Crippen molar-refractivity contribution in [1.82, 2.24) is 20.1 Å². The number of likely N-dealkylation sites (tertiary alicyclic amines) is 1. The Hall–Kier alpha value is -3.92. The molecule has 0 unspecified atom stereocenters. The Kier molecular flexibility index (Phi) is 7.20. The number of carbonyl (C=O) groups is 5. The minimum atomic E-state index is -1.77. The van der Waals surface area contributed by atoms with Crippen LogP contribution in [0.15, 0.2) is 33.5 Å². The molecule has 0 aromatic carbocycles. The minimum absolute atomic E-state index is 0.0114. The Balaban J connectivity index is 1.57. The molecule has 0 aliphatic carbocycles. The van der Waals surface area contributed by atoms with Gasteiger partial charge in [0, 0.05) is 30.3 Å². The number of hydrogen-bond donors (Lipinski definition) is 4. The Labute approximate surface area is 224 Å². The number of amides is 3. The van der Waals surface area contributed by atoms with Gasteiger partial charge >= 0.3 is 11.9 Å². The Morgan fingerprint density at radius 3 is 2.58 bits per heavy atom. The fourth-order valence-electron chi connectivity index (χ4n) is 3.85. The molecule has 14 nitrogen and oxygen atoms in total. The topological polar surface area (TPSA) is 205 Å². The van der Waals surface area contributed by atoms with Crippen molar-refractivity contribution in [3.8, 4) is 0 Å². The molecule has 1 aromatic rings. The van der Waals surface area contributed by atoms with Crippen LogP contribution in [0.4, 0.5) is 5.13 Å². The quantitative estimate of drug-likeness (QED) is 0.141. The maximum Gasteiger partial charge on any atom is 0.352 e. The smallest absolute Gasteiger partial charge is 0.352 e. The van der Waals surface area contributed by atoms with Crippen LogP contribution < -0.4 is 11.1 Å². The highest BCUT2D eigenvalue weighted by Gasteiger charge is 2.54. The van der Waals surface area contributed by atoms with E-state index in [1.807, 2.05) is 0 Å². The van der Waals surface area contributed by atoms with Gasteiger partial charge < -0.3 is 31.0 Å². The molecule has 3 aliphatic rings. The molecular weight excluding hydrogens is 540 g/mol. The molecule has 0 saturated carbocycles. The first-order valence-electron chi connectivity index (χ1n) is 11.2. The summed E-state index contributed by atoms with van der Waals surface area (Å²) in [6.07, 6.45) is 1.99. The van der Waals surface area contributed by atoms with E-state index in [-0.39, 0.29) is 28.2 Å². The normalized spacial score (nSPS) is 22.9. The van der Waals surface area contributed by atoms with E-state index in [1.54, 1.807) is 7.05 Å². The van der Waals surface area contributed by atoms with E-state index in [2.05, 4.69) is 15.5 Å². The molecule has 38 heavy (non-hydrogen) atoms. The van der Waals surface area contributed by atoms with E-state index in [0.29, 0.717) is 24.1 Å². The summed E-state index contributed by atoms with van der Waals surface area (Å²) in [6.45, 7) is 2.99. The first-order valence-corrected chi connectivity index (χ1v) is 13.1. The van der Waals surface area contributed by atoms with E-state index in [4.69, 9.17) is 10.6 Å². The monoisotopic (exact) mass is 564 g/mol. The summed E-state index contributed by atoms with van der Waals surface area (Å²) in [4.78, 5) is 73.6. The van der Waals surface area contributed by atoms with Crippen LogP contribution in [-0.4, -0.2) is 96.7 Å². The first-order chi connectivity index (χ1) is 17.8. The Bertz CT molecular complexity index is 1330. The van der Waals surface area contributed by atoms with E-state index in [9.17, 15) is 34.2 Å². The number of carboxylic acids is 2. The third-order valence-electron chi connectivity index (χ3n) is 6.03. The van der Waals surface area contributed by atoms with Crippen LogP contribution in [0.5, 0.6) is 0 Å². The van der Waals surface area contributed by atoms with Crippen LogP contribution in [0.25, 0.3) is 0 Å². The molecule has 4 rings (SSSR count). The average molecular weight is 565 g/mol. The average Bonchev–Trinajstić information content (AvgIpc) is 3.42. The molecule has 2 atom stereocenters. The summed E-state index contributed by atoms with van der Waals surface area (Å²) in [5.74, 6) is -4.21. The number of rotatable bonds is 8. The van der Waals surface area contributed by atoms with Crippen LogP contribution in [0.2, 0.25) is 0 Å². The molecule has 4 heterocycles. The predicted molar refractivity (Wildman–Crippen MR) is 136 cm³/mol. The van der Waals surface area contributed by atoms with Gasteiger partial charge in [0.05, 0.1) is 0 Å². The number of thiazole rings is 1. The van der Waals surface area contributed by atoms with E-state index >= 15 is 0 Å². The van der Waals surface area contributed by atoms with Crippen molar-refractivity contribution in [3.05, 3.63) is 34.0 Å². The second-order valence-electron chi connectivity index (χ2n) is 9.10. The maximum absolute atomic E-state index is 13.1. The summed E-state index contributed by atoms with van der Waals surface area (Å²) in [5.41, 5.74) is 4.06. The van der Waals surface area contributed by atoms with Crippen molar-refractivity contribution in [2.75, 3.05) is 25.1 Å². The Morgan fingerprint density at radius 2 is 2.03 bits per heavy atom. The molecule has 5 N–H and O–H groups in total.